The molecule has 1 aromatic carbocycles. The van der Waals surface area contributed by atoms with Crippen LogP contribution in [0.15, 0.2) is 18.2 Å². The summed E-state index contributed by atoms with van der Waals surface area (Å²) in [5.41, 5.74) is 1.59. The van der Waals surface area contributed by atoms with Crippen molar-refractivity contribution in [3.63, 3.8) is 0 Å². The maximum atomic E-state index is 13.5. The molecule has 114 valence electrons. The zero-order valence-corrected chi connectivity index (χ0v) is 11.1. The molecule has 0 aliphatic heterocycles. The van der Waals surface area contributed by atoms with E-state index in [0.717, 1.165) is 12.1 Å². The zero-order valence-electron chi connectivity index (χ0n) is 11.1. The van der Waals surface area contributed by atoms with Crippen LogP contribution in [0.5, 0.6) is 0 Å². The van der Waals surface area contributed by atoms with E-state index in [4.69, 9.17) is 10.6 Å². The molecule has 3 N–H and O–H groups in total. The summed E-state index contributed by atoms with van der Waals surface area (Å²) in [6.07, 6.45) is -3.48. The molecule has 0 bridgehead atoms. The molecule has 0 fully saturated rings. The molecule has 0 spiro atoms. The molecule has 7 heteroatoms. The van der Waals surface area contributed by atoms with Crippen molar-refractivity contribution in [3.8, 4) is 0 Å². The monoisotopic (exact) mass is 294 g/mol. The van der Waals surface area contributed by atoms with Gasteiger partial charge in [-0.05, 0) is 37.5 Å². The largest absolute Gasteiger partial charge is 0.419 e. The summed E-state index contributed by atoms with van der Waals surface area (Å²) in [5, 5.41) is 0. The lowest BCUT2D eigenvalue weighted by Gasteiger charge is -2.17. The third-order valence-corrected chi connectivity index (χ3v) is 2.89. The molecule has 0 aliphatic rings. The van der Waals surface area contributed by atoms with Gasteiger partial charge < -0.3 is 4.74 Å². The molecule has 0 amide bonds. The first kappa shape index (κ1) is 16.9. The second-order valence-electron chi connectivity index (χ2n) is 4.30. The summed E-state index contributed by atoms with van der Waals surface area (Å²) >= 11 is 0. The van der Waals surface area contributed by atoms with Gasteiger partial charge in [-0.15, -0.1) is 0 Å². The highest BCUT2D eigenvalue weighted by molar-refractivity contribution is 5.28. The Hall–Kier alpha value is -1.18. The fraction of sp³-hybridized carbons (Fsp3) is 0.538. The third-order valence-electron chi connectivity index (χ3n) is 2.89. The van der Waals surface area contributed by atoms with E-state index in [0.29, 0.717) is 31.6 Å². The molecule has 1 atom stereocenters. The molecule has 1 rings (SSSR count). The molecular weight excluding hydrogens is 276 g/mol. The lowest BCUT2D eigenvalue weighted by Crippen LogP contribution is -2.28. The fourth-order valence-electron chi connectivity index (χ4n) is 1.86. The first-order chi connectivity index (χ1) is 9.40. The van der Waals surface area contributed by atoms with Crippen molar-refractivity contribution in [1.82, 2.24) is 5.43 Å². The first-order valence-electron chi connectivity index (χ1n) is 6.30. The highest BCUT2D eigenvalue weighted by Gasteiger charge is 2.34. The van der Waals surface area contributed by atoms with Gasteiger partial charge in [-0.2, -0.15) is 13.2 Å². The van der Waals surface area contributed by atoms with Crippen molar-refractivity contribution < 1.29 is 22.3 Å². The number of benzene rings is 1. The number of rotatable bonds is 7. The van der Waals surface area contributed by atoms with Crippen molar-refractivity contribution in [1.29, 1.82) is 0 Å². The number of nitrogens with one attached hydrogen (secondary N) is 1. The average molecular weight is 294 g/mol. The van der Waals surface area contributed by atoms with E-state index < -0.39 is 23.6 Å². The summed E-state index contributed by atoms with van der Waals surface area (Å²) < 4.78 is 56.0. The number of alkyl halides is 3. The van der Waals surface area contributed by atoms with Gasteiger partial charge in [-0.1, -0.05) is 6.07 Å². The van der Waals surface area contributed by atoms with Crippen molar-refractivity contribution in [2.24, 2.45) is 5.84 Å². The Balaban J connectivity index is 2.76. The number of nitrogens with two attached hydrogens (primary N) is 1. The van der Waals surface area contributed by atoms with E-state index in [1.807, 2.05) is 6.92 Å². The minimum absolute atomic E-state index is 0.384. The molecule has 0 aliphatic carbocycles. The Bertz CT molecular complexity index is 423. The normalized spacial score (nSPS) is 13.5. The lowest BCUT2D eigenvalue weighted by atomic mass is 10.0. The summed E-state index contributed by atoms with van der Waals surface area (Å²) in [6, 6.07) is 2.43. The second kappa shape index (κ2) is 7.56. The van der Waals surface area contributed by atoms with Gasteiger partial charge in [-0.25, -0.2) is 4.39 Å². The van der Waals surface area contributed by atoms with E-state index in [-0.39, 0.29) is 0 Å². The van der Waals surface area contributed by atoms with Crippen LogP contribution in [-0.4, -0.2) is 13.2 Å². The Morgan fingerprint density at radius 2 is 2.05 bits per heavy atom. The van der Waals surface area contributed by atoms with Gasteiger partial charge in [0, 0.05) is 19.3 Å². The van der Waals surface area contributed by atoms with Crippen LogP contribution in [0, 0.1) is 5.82 Å². The summed E-state index contributed by atoms with van der Waals surface area (Å²) in [7, 11) is 0. The van der Waals surface area contributed by atoms with Crippen molar-refractivity contribution >= 4 is 0 Å². The van der Waals surface area contributed by atoms with Gasteiger partial charge in [0.25, 0.3) is 0 Å². The third kappa shape index (κ3) is 4.73. The van der Waals surface area contributed by atoms with Gasteiger partial charge in [0.15, 0.2) is 0 Å². The van der Waals surface area contributed by atoms with E-state index >= 15 is 0 Å². The molecule has 3 nitrogen and oxygen atoms in total. The van der Waals surface area contributed by atoms with Crippen molar-refractivity contribution in [3.05, 3.63) is 35.1 Å². The van der Waals surface area contributed by atoms with Gasteiger partial charge in [0.05, 0.1) is 5.56 Å². The quantitative estimate of drug-likeness (QED) is 0.351. The number of hydrogen-bond donors (Lipinski definition) is 2. The maximum Gasteiger partial charge on any atom is 0.419 e. The maximum absolute atomic E-state index is 13.5. The van der Waals surface area contributed by atoms with Crippen LogP contribution in [0.3, 0.4) is 0 Å². The minimum Gasteiger partial charge on any atom is -0.382 e. The Morgan fingerprint density at radius 3 is 2.55 bits per heavy atom. The van der Waals surface area contributed by atoms with Crippen LogP contribution in [0.25, 0.3) is 0 Å². The van der Waals surface area contributed by atoms with Crippen LogP contribution in [-0.2, 0) is 10.9 Å². The smallest absolute Gasteiger partial charge is 0.382 e. The van der Waals surface area contributed by atoms with Crippen LogP contribution in [0.1, 0.15) is 36.9 Å². The molecule has 1 unspecified atom stereocenters. The number of hydrogen-bond acceptors (Lipinski definition) is 3. The summed E-state index contributed by atoms with van der Waals surface area (Å²) in [6.45, 7) is 2.98. The number of ether oxygens (including phenoxy) is 1. The molecule has 0 heterocycles. The predicted molar refractivity (Wildman–Crippen MR) is 67.2 cm³/mol. The molecule has 0 radical (unpaired) electrons. The highest BCUT2D eigenvalue weighted by Crippen LogP contribution is 2.32. The zero-order chi connectivity index (χ0) is 15.2. The predicted octanol–water partition coefficient (Wildman–Crippen LogP) is 3.17. The average Bonchev–Trinajstić information content (AvgIpc) is 2.37. The molecule has 0 saturated heterocycles. The van der Waals surface area contributed by atoms with E-state index in [1.54, 1.807) is 0 Å². The minimum atomic E-state index is -4.69. The summed E-state index contributed by atoms with van der Waals surface area (Å²) in [5.74, 6) is 4.07. The van der Waals surface area contributed by atoms with E-state index in [1.165, 1.54) is 6.07 Å². The van der Waals surface area contributed by atoms with Crippen molar-refractivity contribution in [2.75, 3.05) is 13.2 Å². The van der Waals surface area contributed by atoms with Crippen molar-refractivity contribution in [2.45, 2.75) is 32.0 Å². The second-order valence-corrected chi connectivity index (χ2v) is 4.30. The number of halogens is 4. The van der Waals surface area contributed by atoms with Gasteiger partial charge >= 0.3 is 6.18 Å². The standard InChI is InChI=1S/C13H18F4N2O/c1-2-20-7-3-4-12(19-18)9-5-6-10(11(14)8-9)13(15,16)17/h5-6,8,12,19H,2-4,7,18H2,1H3. The van der Waals surface area contributed by atoms with E-state index in [9.17, 15) is 17.6 Å². The van der Waals surface area contributed by atoms with Crippen LogP contribution in [0.4, 0.5) is 17.6 Å². The Kier molecular flexibility index (Phi) is 6.38. The van der Waals surface area contributed by atoms with Gasteiger partial charge in [0.2, 0.25) is 0 Å². The lowest BCUT2D eigenvalue weighted by molar-refractivity contribution is -0.140. The highest BCUT2D eigenvalue weighted by atomic mass is 19.4. The fourth-order valence-corrected chi connectivity index (χ4v) is 1.86. The first-order valence-corrected chi connectivity index (χ1v) is 6.30. The van der Waals surface area contributed by atoms with E-state index in [2.05, 4.69) is 5.43 Å². The van der Waals surface area contributed by atoms with Crippen LogP contribution < -0.4 is 11.3 Å². The van der Waals surface area contributed by atoms with Crippen LogP contribution >= 0.6 is 0 Å². The molecule has 0 aromatic heterocycles. The molecule has 1 aromatic rings. The molecular formula is C13H18F4N2O. The number of hydrazine groups is 1. The molecule has 20 heavy (non-hydrogen) atoms. The Morgan fingerprint density at radius 1 is 1.35 bits per heavy atom. The Labute approximate surface area is 115 Å². The van der Waals surface area contributed by atoms with Gasteiger partial charge in [0.1, 0.15) is 5.82 Å². The summed E-state index contributed by atoms with van der Waals surface area (Å²) in [4.78, 5) is 0. The molecule has 0 saturated carbocycles. The van der Waals surface area contributed by atoms with Gasteiger partial charge in [-0.3, -0.25) is 11.3 Å². The topological polar surface area (TPSA) is 47.3 Å². The van der Waals surface area contributed by atoms with Crippen LogP contribution in [0.2, 0.25) is 0 Å². The SMILES string of the molecule is CCOCCCC(NN)c1ccc(C(F)(F)F)c(F)c1.